The number of rotatable bonds is 3. The fourth-order valence-corrected chi connectivity index (χ4v) is 5.01. The minimum absolute atomic E-state index is 0.327. The van der Waals surface area contributed by atoms with E-state index < -0.39 is 0 Å². The number of hydrogen-bond acceptors (Lipinski definition) is 2. The maximum absolute atomic E-state index is 10.8. The van der Waals surface area contributed by atoms with E-state index in [2.05, 4.69) is 12.1 Å². The van der Waals surface area contributed by atoms with Crippen LogP contribution in [0.4, 0.5) is 0 Å². The fourth-order valence-electron chi connectivity index (χ4n) is 5.01. The Bertz CT molecular complexity index is 753. The molecule has 0 bridgehead atoms. The quantitative estimate of drug-likeness (QED) is 0.635. The molecule has 2 N–H and O–H groups in total. The summed E-state index contributed by atoms with van der Waals surface area (Å²) >= 11 is 0. The van der Waals surface area contributed by atoms with Gasteiger partial charge in [-0.25, -0.2) is 0 Å². The van der Waals surface area contributed by atoms with E-state index in [0.717, 1.165) is 11.1 Å². The Morgan fingerprint density at radius 2 is 1.23 bits per heavy atom. The van der Waals surface area contributed by atoms with Crippen LogP contribution in [-0.4, -0.2) is 10.2 Å². The molecule has 0 radical (unpaired) electrons. The third kappa shape index (κ3) is 3.60. The SMILES string of the molecule is Oc1ccc(-c2ccc(C3CCCCC3)cc2O)c(C2CCCCC2)c1. The average molecular weight is 351 g/mol. The molecule has 26 heavy (non-hydrogen) atoms. The Balaban J connectivity index is 1.68. The highest BCUT2D eigenvalue weighted by atomic mass is 16.3. The molecule has 0 saturated heterocycles. The largest absolute Gasteiger partial charge is 0.508 e. The van der Waals surface area contributed by atoms with Crippen LogP contribution in [0, 0.1) is 0 Å². The molecule has 0 heterocycles. The van der Waals surface area contributed by atoms with Crippen LogP contribution in [0.15, 0.2) is 36.4 Å². The zero-order valence-electron chi connectivity index (χ0n) is 15.6. The van der Waals surface area contributed by atoms with Crippen molar-refractivity contribution in [2.24, 2.45) is 0 Å². The maximum Gasteiger partial charge on any atom is 0.123 e. The second-order valence-corrected chi connectivity index (χ2v) is 8.22. The Hall–Kier alpha value is -1.96. The van der Waals surface area contributed by atoms with Crippen molar-refractivity contribution < 1.29 is 10.2 Å². The molecule has 2 aromatic rings. The van der Waals surface area contributed by atoms with E-state index in [9.17, 15) is 10.2 Å². The summed E-state index contributed by atoms with van der Waals surface area (Å²) in [5.41, 5.74) is 4.47. The minimum atomic E-state index is 0.327. The molecule has 0 atom stereocenters. The van der Waals surface area contributed by atoms with Crippen LogP contribution in [0.1, 0.15) is 87.2 Å². The van der Waals surface area contributed by atoms with Gasteiger partial charge in [-0.2, -0.15) is 0 Å². The lowest BCUT2D eigenvalue weighted by Crippen LogP contribution is -2.06. The summed E-state index contributed by atoms with van der Waals surface area (Å²) in [7, 11) is 0. The van der Waals surface area contributed by atoms with Crippen molar-refractivity contribution >= 4 is 0 Å². The summed E-state index contributed by atoms with van der Waals surface area (Å²) < 4.78 is 0. The van der Waals surface area contributed by atoms with Gasteiger partial charge in [0.25, 0.3) is 0 Å². The van der Waals surface area contributed by atoms with Crippen LogP contribution in [0.3, 0.4) is 0 Å². The second-order valence-electron chi connectivity index (χ2n) is 8.22. The van der Waals surface area contributed by atoms with Gasteiger partial charge in [0.15, 0.2) is 0 Å². The molecular weight excluding hydrogens is 320 g/mol. The monoisotopic (exact) mass is 350 g/mol. The van der Waals surface area contributed by atoms with Crippen molar-refractivity contribution in [2.75, 3.05) is 0 Å². The molecule has 138 valence electrons. The maximum atomic E-state index is 10.8. The van der Waals surface area contributed by atoms with Crippen molar-refractivity contribution in [2.45, 2.75) is 76.0 Å². The minimum Gasteiger partial charge on any atom is -0.508 e. The van der Waals surface area contributed by atoms with Crippen molar-refractivity contribution in [3.8, 4) is 22.6 Å². The lowest BCUT2D eigenvalue weighted by molar-refractivity contribution is 0.436. The molecule has 2 heteroatoms. The zero-order valence-corrected chi connectivity index (χ0v) is 15.6. The van der Waals surface area contributed by atoms with Gasteiger partial charge in [-0.05, 0) is 72.4 Å². The molecule has 0 aromatic heterocycles. The number of benzene rings is 2. The van der Waals surface area contributed by atoms with Gasteiger partial charge in [0.05, 0.1) is 0 Å². The summed E-state index contributed by atoms with van der Waals surface area (Å²) in [5, 5.41) is 20.8. The summed E-state index contributed by atoms with van der Waals surface area (Å²) in [4.78, 5) is 0. The number of phenols is 2. The Labute approximate surface area is 156 Å². The smallest absolute Gasteiger partial charge is 0.123 e. The molecule has 0 unspecified atom stereocenters. The second kappa shape index (κ2) is 7.73. The van der Waals surface area contributed by atoms with Gasteiger partial charge in [-0.15, -0.1) is 0 Å². The molecule has 0 spiro atoms. The highest BCUT2D eigenvalue weighted by molar-refractivity contribution is 5.75. The standard InChI is InChI=1S/C24H30O2/c25-20-12-14-21(23(16-20)18-9-5-2-6-10-18)22-13-11-19(15-24(22)26)17-7-3-1-4-8-17/h11-18,25-26H,1-10H2. The lowest BCUT2D eigenvalue weighted by atomic mass is 9.80. The van der Waals surface area contributed by atoms with E-state index in [1.165, 1.54) is 75.3 Å². The van der Waals surface area contributed by atoms with Gasteiger partial charge in [0, 0.05) is 5.56 Å². The van der Waals surface area contributed by atoms with Crippen LogP contribution in [-0.2, 0) is 0 Å². The normalized spacial score (nSPS) is 19.5. The Morgan fingerprint density at radius 1 is 0.615 bits per heavy atom. The molecule has 0 amide bonds. The Morgan fingerprint density at radius 3 is 1.88 bits per heavy atom. The van der Waals surface area contributed by atoms with E-state index in [0.29, 0.717) is 23.3 Å². The zero-order chi connectivity index (χ0) is 17.9. The van der Waals surface area contributed by atoms with Crippen LogP contribution < -0.4 is 0 Å². The van der Waals surface area contributed by atoms with Crippen LogP contribution in [0.2, 0.25) is 0 Å². The molecular formula is C24H30O2. The molecule has 4 rings (SSSR count). The highest BCUT2D eigenvalue weighted by Gasteiger charge is 2.22. The third-order valence-corrected chi connectivity index (χ3v) is 6.47. The summed E-state index contributed by atoms with van der Waals surface area (Å²) in [5.74, 6) is 1.80. The molecule has 2 saturated carbocycles. The summed E-state index contributed by atoms with van der Waals surface area (Å²) in [6.07, 6.45) is 12.6. The van der Waals surface area contributed by atoms with Crippen molar-refractivity contribution in [1.29, 1.82) is 0 Å². The molecule has 2 aliphatic rings. The van der Waals surface area contributed by atoms with Gasteiger partial charge >= 0.3 is 0 Å². The van der Waals surface area contributed by atoms with E-state index >= 15 is 0 Å². The molecule has 0 aliphatic heterocycles. The lowest BCUT2D eigenvalue weighted by Gasteiger charge is -2.26. The van der Waals surface area contributed by atoms with Crippen molar-refractivity contribution in [3.63, 3.8) is 0 Å². The van der Waals surface area contributed by atoms with Gasteiger partial charge < -0.3 is 10.2 Å². The predicted molar refractivity (Wildman–Crippen MR) is 107 cm³/mol. The van der Waals surface area contributed by atoms with E-state index in [4.69, 9.17) is 0 Å². The first-order valence-corrected chi connectivity index (χ1v) is 10.4. The molecule has 2 aromatic carbocycles. The molecule has 2 nitrogen and oxygen atoms in total. The van der Waals surface area contributed by atoms with Crippen LogP contribution in [0.25, 0.3) is 11.1 Å². The average Bonchev–Trinajstić information content (AvgIpc) is 2.69. The fraction of sp³-hybridized carbons (Fsp3) is 0.500. The predicted octanol–water partition coefficient (Wildman–Crippen LogP) is 6.86. The topological polar surface area (TPSA) is 40.5 Å². The first-order chi connectivity index (χ1) is 12.7. The first-order valence-electron chi connectivity index (χ1n) is 10.4. The van der Waals surface area contributed by atoms with Gasteiger partial charge in [0.1, 0.15) is 11.5 Å². The number of phenolic OH excluding ortho intramolecular Hbond substituents is 2. The van der Waals surface area contributed by atoms with Gasteiger partial charge in [-0.1, -0.05) is 56.7 Å². The van der Waals surface area contributed by atoms with E-state index in [1.807, 2.05) is 18.2 Å². The summed E-state index contributed by atoms with van der Waals surface area (Å²) in [6, 6.07) is 11.9. The summed E-state index contributed by atoms with van der Waals surface area (Å²) in [6.45, 7) is 0. The van der Waals surface area contributed by atoms with E-state index in [-0.39, 0.29) is 0 Å². The number of aromatic hydroxyl groups is 2. The molecule has 2 fully saturated rings. The highest BCUT2D eigenvalue weighted by Crippen LogP contribution is 2.43. The van der Waals surface area contributed by atoms with Crippen LogP contribution in [0.5, 0.6) is 11.5 Å². The van der Waals surface area contributed by atoms with Crippen molar-refractivity contribution in [3.05, 3.63) is 47.5 Å². The van der Waals surface area contributed by atoms with E-state index in [1.54, 1.807) is 6.07 Å². The van der Waals surface area contributed by atoms with Crippen molar-refractivity contribution in [1.82, 2.24) is 0 Å². The van der Waals surface area contributed by atoms with Gasteiger partial charge in [0.2, 0.25) is 0 Å². The van der Waals surface area contributed by atoms with Crippen LogP contribution >= 0.6 is 0 Å². The Kier molecular flexibility index (Phi) is 5.19. The number of hydrogen-bond donors (Lipinski definition) is 2. The third-order valence-electron chi connectivity index (χ3n) is 6.47. The molecule has 2 aliphatic carbocycles. The van der Waals surface area contributed by atoms with Gasteiger partial charge in [-0.3, -0.25) is 0 Å². The first kappa shape index (κ1) is 17.5.